The largest absolute Gasteiger partial charge is 0.496 e. The summed E-state index contributed by atoms with van der Waals surface area (Å²) < 4.78 is 77.6. The molecule has 0 bridgehead atoms. The van der Waals surface area contributed by atoms with E-state index in [1.807, 2.05) is 42.6 Å². The normalized spacial score (nSPS) is 13.6. The molecule has 7 rings (SSSR count). The molecule has 0 saturated carbocycles. The van der Waals surface area contributed by atoms with Crippen molar-refractivity contribution in [1.29, 1.82) is 0 Å². The lowest BCUT2D eigenvalue weighted by atomic mass is 10.0. The second kappa shape index (κ2) is 15.0. The molecule has 1 aliphatic rings. The molecule has 2 aromatic carbocycles. The molecule has 5 heterocycles. The van der Waals surface area contributed by atoms with E-state index in [1.54, 1.807) is 19.5 Å². The Bertz CT molecular complexity index is 2180. The number of nitrogen functional groups attached to an aromatic ring is 1. The van der Waals surface area contributed by atoms with Gasteiger partial charge in [0.2, 0.25) is 5.89 Å². The van der Waals surface area contributed by atoms with Crippen molar-refractivity contribution in [2.45, 2.75) is 31.2 Å². The average molecular weight is 735 g/mol. The van der Waals surface area contributed by atoms with Crippen LogP contribution in [0.1, 0.15) is 18.9 Å². The molecule has 0 spiro atoms. The number of hydrogen-bond acceptors (Lipinski definition) is 10. The molecule has 1 aliphatic heterocycles. The van der Waals surface area contributed by atoms with E-state index in [1.165, 1.54) is 0 Å². The molecule has 0 radical (unpaired) electrons. The molecule has 1 fully saturated rings. The minimum Gasteiger partial charge on any atom is -0.496 e. The van der Waals surface area contributed by atoms with Gasteiger partial charge in [-0.15, -0.1) is 0 Å². The number of methoxy groups -OCH3 is 1. The maximum absolute atomic E-state index is 10.6. The summed E-state index contributed by atoms with van der Waals surface area (Å²) >= 11 is 0. The number of benzene rings is 2. The van der Waals surface area contributed by atoms with Gasteiger partial charge < -0.3 is 30.4 Å². The van der Waals surface area contributed by atoms with Gasteiger partial charge in [0.25, 0.3) is 0 Å². The van der Waals surface area contributed by atoms with Crippen LogP contribution < -0.4 is 15.8 Å². The molecule has 4 aromatic heterocycles. The number of oxazole rings is 1. The van der Waals surface area contributed by atoms with Gasteiger partial charge in [-0.1, -0.05) is 12.1 Å². The number of nitrogens with two attached hydrogens (primary N) is 1. The molecular formula is C32H28F6N8O6. The Hall–Kier alpha value is -6.18. The number of halogens is 6. The zero-order chi connectivity index (χ0) is 37.8. The first-order chi connectivity index (χ1) is 24.6. The summed E-state index contributed by atoms with van der Waals surface area (Å²) in [7, 11) is 1.64. The van der Waals surface area contributed by atoms with Gasteiger partial charge in [0, 0.05) is 28.9 Å². The number of rotatable bonds is 5. The lowest BCUT2D eigenvalue weighted by Crippen LogP contribution is -2.29. The molecule has 274 valence electrons. The molecule has 14 nitrogen and oxygen atoms in total. The Morgan fingerprint density at radius 2 is 1.62 bits per heavy atom. The smallest absolute Gasteiger partial charge is 0.490 e. The second-order valence-electron chi connectivity index (χ2n) is 11.1. The number of alkyl halides is 6. The van der Waals surface area contributed by atoms with Gasteiger partial charge in [0.1, 0.15) is 17.1 Å². The highest BCUT2D eigenvalue weighted by Crippen LogP contribution is 2.41. The molecule has 52 heavy (non-hydrogen) atoms. The first-order valence-corrected chi connectivity index (χ1v) is 15.1. The van der Waals surface area contributed by atoms with Crippen molar-refractivity contribution >= 4 is 39.8 Å². The first kappa shape index (κ1) is 37.1. The maximum Gasteiger partial charge on any atom is 0.490 e. The quantitative estimate of drug-likeness (QED) is 0.128. The van der Waals surface area contributed by atoms with Crippen LogP contribution in [0.5, 0.6) is 5.75 Å². The Morgan fingerprint density at radius 3 is 2.25 bits per heavy atom. The van der Waals surface area contributed by atoms with Gasteiger partial charge >= 0.3 is 24.3 Å². The number of aliphatic carboxylic acids is 2. The number of aromatic nitrogens is 6. The summed E-state index contributed by atoms with van der Waals surface area (Å²) in [6.45, 7) is 2.02. The summed E-state index contributed by atoms with van der Waals surface area (Å²) in [5.74, 6) is -4.09. The average Bonchev–Trinajstić information content (AvgIpc) is 3.88. The number of fused-ring (bicyclic) bond motifs is 2. The highest BCUT2D eigenvalue weighted by molar-refractivity contribution is 5.98. The number of nitrogens with zero attached hydrogens (tertiary/aromatic N) is 5. The van der Waals surface area contributed by atoms with Gasteiger partial charge in [0.05, 0.1) is 42.2 Å². The number of carboxylic acid groups (broad SMARTS) is 2. The molecule has 0 aliphatic carbocycles. The minimum atomic E-state index is -5.08. The maximum atomic E-state index is 10.6. The van der Waals surface area contributed by atoms with Gasteiger partial charge in [-0.2, -0.15) is 36.5 Å². The number of carboxylic acids is 2. The number of hydrogen-bond donors (Lipinski definition) is 5. The summed E-state index contributed by atoms with van der Waals surface area (Å²) in [5, 5.41) is 30.5. The number of piperidine rings is 1. The number of H-pyrrole nitrogens is 1. The molecule has 1 saturated heterocycles. The third-order valence-corrected chi connectivity index (χ3v) is 7.72. The fraction of sp³-hybridized carbons (Fsp3) is 0.250. The zero-order valence-electron chi connectivity index (χ0n) is 26.8. The van der Waals surface area contributed by atoms with Crippen molar-refractivity contribution in [1.82, 2.24) is 35.3 Å². The van der Waals surface area contributed by atoms with Crippen molar-refractivity contribution in [3.8, 4) is 39.5 Å². The molecular weight excluding hydrogens is 706 g/mol. The van der Waals surface area contributed by atoms with Crippen LogP contribution in [0.15, 0.2) is 65.6 Å². The lowest BCUT2D eigenvalue weighted by molar-refractivity contribution is -0.193. The van der Waals surface area contributed by atoms with Gasteiger partial charge in [0.15, 0.2) is 5.58 Å². The van der Waals surface area contributed by atoms with E-state index < -0.39 is 24.3 Å². The lowest BCUT2D eigenvalue weighted by Gasteiger charge is -2.22. The predicted octanol–water partition coefficient (Wildman–Crippen LogP) is 6.08. The van der Waals surface area contributed by atoms with Gasteiger partial charge in [-0.25, -0.2) is 19.6 Å². The molecule has 6 aromatic rings. The first-order valence-electron chi connectivity index (χ1n) is 15.1. The SMILES string of the molecule is COc1ccc2nc(-c3cc(-c4cnn(C5CCNCC5)c4)cnc3N)oc2c1-c1ccc2cn[nH]c2c1.O=C(O)C(F)(F)F.O=C(O)C(F)(F)F. The summed E-state index contributed by atoms with van der Waals surface area (Å²) in [6.07, 6.45) is -0.530. The molecule has 20 heteroatoms. The minimum absolute atomic E-state index is 0.346. The number of carbonyl (C=O) groups is 2. The van der Waals surface area contributed by atoms with Crippen LogP contribution in [0.4, 0.5) is 32.2 Å². The van der Waals surface area contributed by atoms with Crippen LogP contribution in [-0.4, -0.2) is 84.6 Å². The van der Waals surface area contributed by atoms with Gasteiger partial charge in [-0.05, 0) is 55.8 Å². The van der Waals surface area contributed by atoms with Crippen LogP contribution in [0, 0.1) is 0 Å². The molecule has 0 atom stereocenters. The number of anilines is 1. The highest BCUT2D eigenvalue weighted by atomic mass is 19.4. The van der Waals surface area contributed by atoms with E-state index in [2.05, 4.69) is 36.5 Å². The van der Waals surface area contributed by atoms with Crippen molar-refractivity contribution in [3.05, 3.63) is 61.2 Å². The van der Waals surface area contributed by atoms with E-state index in [-0.39, 0.29) is 0 Å². The summed E-state index contributed by atoms with van der Waals surface area (Å²) in [4.78, 5) is 27.0. The van der Waals surface area contributed by atoms with E-state index in [9.17, 15) is 26.3 Å². The Balaban J connectivity index is 0.000000318. The Morgan fingerprint density at radius 1 is 0.942 bits per heavy atom. The fourth-order valence-electron chi connectivity index (χ4n) is 5.19. The van der Waals surface area contributed by atoms with Crippen LogP contribution in [0.2, 0.25) is 0 Å². The molecule has 0 amide bonds. The van der Waals surface area contributed by atoms with E-state index in [4.69, 9.17) is 39.7 Å². The number of pyridine rings is 1. The van der Waals surface area contributed by atoms with Crippen molar-refractivity contribution in [2.75, 3.05) is 25.9 Å². The number of ether oxygens (including phenoxy) is 1. The monoisotopic (exact) mass is 734 g/mol. The van der Waals surface area contributed by atoms with Crippen molar-refractivity contribution < 1.29 is 55.3 Å². The fourth-order valence-corrected chi connectivity index (χ4v) is 5.19. The van der Waals surface area contributed by atoms with Crippen LogP contribution in [-0.2, 0) is 9.59 Å². The summed E-state index contributed by atoms with van der Waals surface area (Å²) in [5.41, 5.74) is 12.8. The van der Waals surface area contributed by atoms with Crippen LogP contribution in [0.3, 0.4) is 0 Å². The van der Waals surface area contributed by atoms with E-state index >= 15 is 0 Å². The van der Waals surface area contributed by atoms with E-state index in [0.29, 0.717) is 40.2 Å². The standard InChI is InChI=1S/C28H26N8O2.2C2HF3O2/c1-37-24-5-4-22-26(25(24)16-2-3-17-13-32-35-23(17)11-16)38-28(34-22)21-10-18(12-31-27(21)29)19-14-33-36(15-19)20-6-8-30-9-7-20;2*3-2(4,5)1(6)7/h2-5,10-15,20,30H,6-9H2,1H3,(H2,29,31)(H,32,35);2*(H,6,7). The number of nitrogens with one attached hydrogen (secondary N) is 2. The third kappa shape index (κ3) is 8.40. The van der Waals surface area contributed by atoms with Crippen LogP contribution in [0.25, 0.3) is 55.7 Å². The van der Waals surface area contributed by atoms with Crippen molar-refractivity contribution in [3.63, 3.8) is 0 Å². The number of aromatic amines is 1. The summed E-state index contributed by atoms with van der Waals surface area (Å²) in [6, 6.07) is 12.2. The molecule has 0 unspecified atom stereocenters. The topological polar surface area (TPSA) is 207 Å². The van der Waals surface area contributed by atoms with Crippen LogP contribution >= 0.6 is 0 Å². The molecule has 6 N–H and O–H groups in total. The predicted molar refractivity (Wildman–Crippen MR) is 173 cm³/mol. The van der Waals surface area contributed by atoms with E-state index in [0.717, 1.165) is 59.1 Å². The second-order valence-corrected chi connectivity index (χ2v) is 11.1. The highest BCUT2D eigenvalue weighted by Gasteiger charge is 2.39. The third-order valence-electron chi connectivity index (χ3n) is 7.72. The van der Waals surface area contributed by atoms with Gasteiger partial charge in [-0.3, -0.25) is 9.78 Å². The Kier molecular flexibility index (Phi) is 10.7. The zero-order valence-corrected chi connectivity index (χ0v) is 26.8. The Labute approximate surface area is 288 Å². The van der Waals surface area contributed by atoms with Crippen molar-refractivity contribution in [2.24, 2.45) is 0 Å².